The molecule has 1 aromatic rings. The molecule has 1 aromatic carbocycles. The highest BCUT2D eigenvalue weighted by Crippen LogP contribution is 2.09. The SMILES string of the molecule is CCc1ccc(NC(=O)CNC(C)C)cc1. The van der Waals surface area contributed by atoms with E-state index < -0.39 is 0 Å². The van der Waals surface area contributed by atoms with Crippen LogP contribution in [0.15, 0.2) is 24.3 Å². The van der Waals surface area contributed by atoms with Crippen molar-refractivity contribution in [2.24, 2.45) is 0 Å². The highest BCUT2D eigenvalue weighted by molar-refractivity contribution is 5.92. The summed E-state index contributed by atoms with van der Waals surface area (Å²) in [5, 5.41) is 5.92. The standard InChI is InChI=1S/C13H20N2O/c1-4-11-5-7-12(8-6-11)15-13(16)9-14-10(2)3/h5-8,10,14H,4,9H2,1-3H3,(H,15,16). The number of rotatable bonds is 5. The van der Waals surface area contributed by atoms with Crippen molar-refractivity contribution in [1.82, 2.24) is 5.32 Å². The van der Waals surface area contributed by atoms with Crippen LogP contribution in [0.5, 0.6) is 0 Å². The lowest BCUT2D eigenvalue weighted by Gasteiger charge is -2.09. The van der Waals surface area contributed by atoms with E-state index >= 15 is 0 Å². The van der Waals surface area contributed by atoms with E-state index in [0.29, 0.717) is 12.6 Å². The Hall–Kier alpha value is -1.35. The van der Waals surface area contributed by atoms with Gasteiger partial charge in [-0.25, -0.2) is 0 Å². The minimum Gasteiger partial charge on any atom is -0.325 e. The molecule has 1 rings (SSSR count). The van der Waals surface area contributed by atoms with Crippen molar-refractivity contribution in [2.75, 3.05) is 11.9 Å². The van der Waals surface area contributed by atoms with E-state index in [2.05, 4.69) is 17.6 Å². The van der Waals surface area contributed by atoms with Gasteiger partial charge >= 0.3 is 0 Å². The van der Waals surface area contributed by atoms with Gasteiger partial charge in [-0.1, -0.05) is 32.9 Å². The first-order chi connectivity index (χ1) is 7.61. The van der Waals surface area contributed by atoms with Crippen LogP contribution in [0.3, 0.4) is 0 Å². The minimum atomic E-state index is -0.00190. The summed E-state index contributed by atoms with van der Waals surface area (Å²) in [5.74, 6) is -0.00190. The number of benzene rings is 1. The molecule has 88 valence electrons. The summed E-state index contributed by atoms with van der Waals surface area (Å²) in [6.45, 7) is 6.50. The molecule has 0 bridgehead atoms. The van der Waals surface area contributed by atoms with Crippen molar-refractivity contribution in [3.8, 4) is 0 Å². The highest BCUT2D eigenvalue weighted by atomic mass is 16.1. The van der Waals surface area contributed by atoms with Crippen LogP contribution >= 0.6 is 0 Å². The first-order valence-electron chi connectivity index (χ1n) is 5.74. The molecule has 0 aliphatic carbocycles. The van der Waals surface area contributed by atoms with Gasteiger partial charge in [0.15, 0.2) is 0 Å². The molecule has 0 aromatic heterocycles. The van der Waals surface area contributed by atoms with Gasteiger partial charge in [0.2, 0.25) is 5.91 Å². The zero-order valence-electron chi connectivity index (χ0n) is 10.2. The van der Waals surface area contributed by atoms with E-state index in [4.69, 9.17) is 0 Å². The molecule has 0 radical (unpaired) electrons. The summed E-state index contributed by atoms with van der Waals surface area (Å²) in [6, 6.07) is 8.27. The van der Waals surface area contributed by atoms with E-state index in [0.717, 1.165) is 12.1 Å². The van der Waals surface area contributed by atoms with Crippen molar-refractivity contribution in [2.45, 2.75) is 33.2 Å². The molecule has 0 aliphatic rings. The molecule has 3 heteroatoms. The largest absolute Gasteiger partial charge is 0.325 e. The predicted molar refractivity (Wildman–Crippen MR) is 67.6 cm³/mol. The number of anilines is 1. The number of aryl methyl sites for hydroxylation is 1. The van der Waals surface area contributed by atoms with E-state index in [1.807, 2.05) is 38.1 Å². The summed E-state index contributed by atoms with van der Waals surface area (Å²) < 4.78 is 0. The topological polar surface area (TPSA) is 41.1 Å². The molecule has 0 saturated heterocycles. The van der Waals surface area contributed by atoms with Crippen LogP contribution in [0, 0.1) is 0 Å². The molecular weight excluding hydrogens is 200 g/mol. The number of carbonyl (C=O) groups is 1. The Labute approximate surface area is 97.2 Å². The lowest BCUT2D eigenvalue weighted by atomic mass is 10.1. The minimum absolute atomic E-state index is 0.00190. The summed E-state index contributed by atoms with van der Waals surface area (Å²) in [7, 11) is 0. The van der Waals surface area contributed by atoms with Crippen molar-refractivity contribution in [1.29, 1.82) is 0 Å². The molecular formula is C13H20N2O. The third-order valence-corrected chi connectivity index (χ3v) is 2.32. The Morgan fingerprint density at radius 2 is 1.88 bits per heavy atom. The zero-order chi connectivity index (χ0) is 12.0. The number of nitrogens with one attached hydrogen (secondary N) is 2. The number of hydrogen-bond acceptors (Lipinski definition) is 2. The fraction of sp³-hybridized carbons (Fsp3) is 0.462. The Kier molecular flexibility index (Phi) is 4.99. The summed E-state index contributed by atoms with van der Waals surface area (Å²) in [4.78, 5) is 11.5. The number of hydrogen-bond donors (Lipinski definition) is 2. The van der Waals surface area contributed by atoms with Gasteiger partial charge < -0.3 is 10.6 Å². The van der Waals surface area contributed by atoms with Gasteiger partial charge in [-0.2, -0.15) is 0 Å². The highest BCUT2D eigenvalue weighted by Gasteiger charge is 2.02. The van der Waals surface area contributed by atoms with Gasteiger partial charge in [-0.05, 0) is 24.1 Å². The van der Waals surface area contributed by atoms with E-state index in [1.54, 1.807) is 0 Å². The maximum absolute atomic E-state index is 11.5. The van der Waals surface area contributed by atoms with Gasteiger partial charge in [0.25, 0.3) is 0 Å². The van der Waals surface area contributed by atoms with Crippen LogP contribution in [-0.2, 0) is 11.2 Å². The van der Waals surface area contributed by atoms with E-state index in [9.17, 15) is 4.79 Å². The van der Waals surface area contributed by atoms with Crippen molar-refractivity contribution >= 4 is 11.6 Å². The van der Waals surface area contributed by atoms with Crippen LogP contribution in [0.25, 0.3) is 0 Å². The summed E-state index contributed by atoms with van der Waals surface area (Å²) >= 11 is 0. The van der Waals surface area contributed by atoms with Gasteiger partial charge in [-0.3, -0.25) is 4.79 Å². The van der Waals surface area contributed by atoms with Gasteiger partial charge in [-0.15, -0.1) is 0 Å². The molecule has 0 fully saturated rings. The molecule has 0 heterocycles. The van der Waals surface area contributed by atoms with Gasteiger partial charge in [0, 0.05) is 11.7 Å². The van der Waals surface area contributed by atoms with Crippen molar-refractivity contribution < 1.29 is 4.79 Å². The van der Waals surface area contributed by atoms with Crippen LogP contribution in [-0.4, -0.2) is 18.5 Å². The van der Waals surface area contributed by atoms with Gasteiger partial charge in [0.05, 0.1) is 6.54 Å². The second-order valence-electron chi connectivity index (χ2n) is 4.13. The second-order valence-corrected chi connectivity index (χ2v) is 4.13. The van der Waals surface area contributed by atoms with Crippen LogP contribution < -0.4 is 10.6 Å². The summed E-state index contributed by atoms with van der Waals surface area (Å²) in [6.07, 6.45) is 1.02. The number of amides is 1. The average molecular weight is 220 g/mol. The lowest BCUT2D eigenvalue weighted by molar-refractivity contribution is -0.115. The van der Waals surface area contributed by atoms with E-state index in [1.165, 1.54) is 5.56 Å². The Morgan fingerprint density at radius 1 is 1.25 bits per heavy atom. The second kappa shape index (κ2) is 6.28. The Bertz CT molecular complexity index is 330. The molecule has 0 atom stereocenters. The Morgan fingerprint density at radius 3 is 2.38 bits per heavy atom. The zero-order valence-corrected chi connectivity index (χ0v) is 10.2. The molecule has 0 saturated carbocycles. The fourth-order valence-electron chi connectivity index (χ4n) is 1.33. The van der Waals surface area contributed by atoms with Crippen LogP contribution in [0.2, 0.25) is 0 Å². The monoisotopic (exact) mass is 220 g/mol. The van der Waals surface area contributed by atoms with Crippen LogP contribution in [0.1, 0.15) is 26.3 Å². The van der Waals surface area contributed by atoms with Crippen molar-refractivity contribution in [3.05, 3.63) is 29.8 Å². The predicted octanol–water partition coefficient (Wildman–Crippen LogP) is 2.19. The number of carbonyl (C=O) groups excluding carboxylic acids is 1. The molecule has 3 nitrogen and oxygen atoms in total. The maximum atomic E-state index is 11.5. The third kappa shape index (κ3) is 4.45. The first-order valence-corrected chi connectivity index (χ1v) is 5.74. The Balaban J connectivity index is 2.43. The molecule has 0 spiro atoms. The van der Waals surface area contributed by atoms with E-state index in [-0.39, 0.29) is 5.91 Å². The summed E-state index contributed by atoms with van der Waals surface area (Å²) in [5.41, 5.74) is 2.13. The smallest absolute Gasteiger partial charge is 0.238 e. The molecule has 1 amide bonds. The molecule has 2 N–H and O–H groups in total. The normalized spacial score (nSPS) is 10.5. The molecule has 16 heavy (non-hydrogen) atoms. The van der Waals surface area contributed by atoms with Crippen LogP contribution in [0.4, 0.5) is 5.69 Å². The fourth-order valence-corrected chi connectivity index (χ4v) is 1.33. The molecule has 0 aliphatic heterocycles. The third-order valence-electron chi connectivity index (χ3n) is 2.32. The first kappa shape index (κ1) is 12.7. The molecule has 0 unspecified atom stereocenters. The van der Waals surface area contributed by atoms with Gasteiger partial charge in [0.1, 0.15) is 0 Å². The quantitative estimate of drug-likeness (QED) is 0.798. The maximum Gasteiger partial charge on any atom is 0.238 e. The lowest BCUT2D eigenvalue weighted by Crippen LogP contribution is -2.32. The average Bonchev–Trinajstić information content (AvgIpc) is 2.27. The van der Waals surface area contributed by atoms with Crippen molar-refractivity contribution in [3.63, 3.8) is 0 Å².